The summed E-state index contributed by atoms with van der Waals surface area (Å²) in [6.07, 6.45) is 2.63. The topological polar surface area (TPSA) is 116 Å². The summed E-state index contributed by atoms with van der Waals surface area (Å²) in [4.78, 5) is 8.77. The minimum absolute atomic E-state index is 0.0114. The van der Waals surface area contributed by atoms with E-state index in [9.17, 15) is 13.0 Å². The van der Waals surface area contributed by atoms with Crippen LogP contribution in [0.25, 0.3) is 11.3 Å². The summed E-state index contributed by atoms with van der Waals surface area (Å²) in [5.41, 5.74) is 3.32. The zero-order chi connectivity index (χ0) is 25.4. The Morgan fingerprint density at radius 3 is 2.23 bits per heavy atom. The first kappa shape index (κ1) is 24.6. The van der Waals surface area contributed by atoms with Gasteiger partial charge >= 0.3 is 0 Å². The van der Waals surface area contributed by atoms with Gasteiger partial charge in [-0.05, 0) is 62.6 Å². The molecule has 0 bridgehead atoms. The maximum atomic E-state index is 12.9. The number of nitrogens with one attached hydrogen (secondary N) is 1. The first-order chi connectivity index (χ1) is 16.4. The lowest BCUT2D eigenvalue weighted by Crippen LogP contribution is -2.15. The van der Waals surface area contributed by atoms with Gasteiger partial charge in [-0.3, -0.25) is 4.68 Å². The largest absolute Gasteiger partial charge is 0.439 e. The highest BCUT2D eigenvalue weighted by Gasteiger charge is 2.20. The Morgan fingerprint density at radius 1 is 1.00 bits per heavy atom. The van der Waals surface area contributed by atoms with E-state index >= 15 is 0 Å². The molecule has 0 spiro atoms. The Morgan fingerprint density at radius 2 is 1.66 bits per heavy atom. The van der Waals surface area contributed by atoms with E-state index in [1.54, 1.807) is 50.7 Å². The van der Waals surface area contributed by atoms with Crippen LogP contribution < -0.4 is 14.8 Å². The average molecular weight is 512 g/mol. The Labute approximate surface area is 204 Å². The Kier molecular flexibility index (Phi) is 6.53. The van der Waals surface area contributed by atoms with Crippen molar-refractivity contribution in [2.75, 3.05) is 18.1 Å². The minimum atomic E-state index is -3.97. The van der Waals surface area contributed by atoms with Gasteiger partial charge in [0, 0.05) is 30.2 Å². The summed E-state index contributed by atoms with van der Waals surface area (Å²) in [7, 11) is -4.74. The molecule has 0 aliphatic rings. The van der Waals surface area contributed by atoms with Gasteiger partial charge in [0.1, 0.15) is 17.8 Å². The molecule has 0 unspecified atom stereocenters. The van der Waals surface area contributed by atoms with E-state index in [0.717, 1.165) is 22.0 Å². The van der Waals surface area contributed by atoms with Crippen molar-refractivity contribution in [3.63, 3.8) is 0 Å². The number of benzene rings is 2. The molecule has 2 aromatic carbocycles. The van der Waals surface area contributed by atoms with Crippen molar-refractivity contribution < 1.29 is 17.7 Å². The third-order valence-electron chi connectivity index (χ3n) is 5.34. The van der Waals surface area contributed by atoms with Gasteiger partial charge in [-0.1, -0.05) is 18.2 Å². The highest BCUT2D eigenvalue weighted by Crippen LogP contribution is 2.35. The van der Waals surface area contributed by atoms with E-state index in [4.69, 9.17) is 4.74 Å². The molecule has 4 aromatic rings. The highest BCUT2D eigenvalue weighted by molar-refractivity contribution is 7.92. The molecular weight excluding hydrogens is 485 g/mol. The van der Waals surface area contributed by atoms with Gasteiger partial charge in [0.2, 0.25) is 11.8 Å². The van der Waals surface area contributed by atoms with Crippen molar-refractivity contribution in [1.29, 1.82) is 0 Å². The Balaban J connectivity index is 1.76. The van der Waals surface area contributed by atoms with Crippen LogP contribution in [0.15, 0.2) is 65.8 Å². The smallest absolute Gasteiger partial charge is 0.267 e. The van der Waals surface area contributed by atoms with Gasteiger partial charge in [0.25, 0.3) is 10.0 Å². The zero-order valence-corrected chi connectivity index (χ0v) is 21.8. The average Bonchev–Trinajstić information content (AvgIpc) is 3.20. The molecule has 9 nitrogen and oxygen atoms in total. The standard InChI is InChI=1S/C24H26N5O4PS/c1-16-7-6-8-17(2)23(16)21-13-22(33-18-9-11-19(12-10-18)34(4,5)30)27-24(26-21)28-35(31,32)20-14-25-29(3)15-20/h6-15H,1-5H3,(H,26,27,28). The molecule has 2 heterocycles. The van der Waals surface area contributed by atoms with Gasteiger partial charge in [0.15, 0.2) is 0 Å². The predicted molar refractivity (Wildman–Crippen MR) is 137 cm³/mol. The van der Waals surface area contributed by atoms with Crippen molar-refractivity contribution >= 4 is 28.4 Å². The van der Waals surface area contributed by atoms with Crippen molar-refractivity contribution in [3.05, 3.63) is 72.1 Å². The van der Waals surface area contributed by atoms with Crippen molar-refractivity contribution in [1.82, 2.24) is 19.7 Å². The minimum Gasteiger partial charge on any atom is -0.439 e. The van der Waals surface area contributed by atoms with Crippen LogP contribution in [0.5, 0.6) is 11.6 Å². The molecule has 0 aliphatic carbocycles. The van der Waals surface area contributed by atoms with Crippen LogP contribution in [0, 0.1) is 13.8 Å². The molecule has 0 atom stereocenters. The first-order valence-corrected chi connectivity index (χ1v) is 14.8. The molecule has 4 rings (SSSR count). The molecule has 182 valence electrons. The van der Waals surface area contributed by atoms with Gasteiger partial charge in [-0.2, -0.15) is 10.1 Å². The van der Waals surface area contributed by atoms with E-state index < -0.39 is 17.2 Å². The molecule has 2 aromatic heterocycles. The molecule has 0 saturated heterocycles. The molecule has 1 N–H and O–H groups in total. The molecule has 0 fully saturated rings. The van der Waals surface area contributed by atoms with Crippen LogP contribution in [0.2, 0.25) is 0 Å². The summed E-state index contributed by atoms with van der Waals surface area (Å²) in [6.45, 7) is 7.31. The van der Waals surface area contributed by atoms with Crippen LogP contribution in [-0.4, -0.2) is 41.5 Å². The van der Waals surface area contributed by atoms with Crippen molar-refractivity contribution in [2.24, 2.45) is 7.05 Å². The van der Waals surface area contributed by atoms with Gasteiger partial charge in [0.05, 0.1) is 11.9 Å². The third kappa shape index (κ3) is 5.61. The second kappa shape index (κ2) is 9.28. The van der Waals surface area contributed by atoms with E-state index in [1.165, 1.54) is 17.1 Å². The maximum Gasteiger partial charge on any atom is 0.267 e. The van der Waals surface area contributed by atoms with Gasteiger partial charge < -0.3 is 9.30 Å². The number of nitrogens with zero attached hydrogens (tertiary/aromatic N) is 4. The van der Waals surface area contributed by atoms with E-state index in [2.05, 4.69) is 19.8 Å². The van der Waals surface area contributed by atoms with Crippen LogP contribution >= 0.6 is 7.14 Å². The summed E-state index contributed by atoms with van der Waals surface area (Å²) in [5, 5.41) is 4.65. The zero-order valence-electron chi connectivity index (χ0n) is 20.1. The van der Waals surface area contributed by atoms with Crippen molar-refractivity contribution in [3.8, 4) is 22.9 Å². The number of rotatable bonds is 7. The van der Waals surface area contributed by atoms with Gasteiger partial charge in [-0.15, -0.1) is 0 Å². The molecule has 0 aliphatic heterocycles. The highest BCUT2D eigenvalue weighted by atomic mass is 32.2. The second-order valence-corrected chi connectivity index (χ2v) is 13.5. The fourth-order valence-corrected chi connectivity index (χ4v) is 5.37. The summed E-state index contributed by atoms with van der Waals surface area (Å²) in [5.74, 6) is 0.493. The van der Waals surface area contributed by atoms with E-state index in [0.29, 0.717) is 11.4 Å². The second-order valence-electron chi connectivity index (χ2n) is 8.58. The lowest BCUT2D eigenvalue weighted by molar-refractivity contribution is 0.463. The van der Waals surface area contributed by atoms with E-state index in [-0.39, 0.29) is 16.7 Å². The van der Waals surface area contributed by atoms with E-state index in [1.807, 2.05) is 32.0 Å². The van der Waals surface area contributed by atoms with Crippen molar-refractivity contribution in [2.45, 2.75) is 18.7 Å². The molecule has 0 saturated carbocycles. The fraction of sp³-hybridized carbons (Fsp3) is 0.208. The number of hydrogen-bond donors (Lipinski definition) is 1. The third-order valence-corrected chi connectivity index (χ3v) is 8.16. The van der Waals surface area contributed by atoms with Crippen LogP contribution in [0.4, 0.5) is 5.95 Å². The Bertz CT molecular complexity index is 1520. The number of aryl methyl sites for hydroxylation is 3. The lowest BCUT2D eigenvalue weighted by atomic mass is 10.00. The number of hydrogen-bond acceptors (Lipinski definition) is 7. The number of aromatic nitrogens is 4. The predicted octanol–water partition coefficient (Wildman–Crippen LogP) is 4.34. The molecule has 0 amide bonds. The van der Waals surface area contributed by atoms with Crippen LogP contribution in [0.3, 0.4) is 0 Å². The quantitative estimate of drug-likeness (QED) is 0.367. The monoisotopic (exact) mass is 511 g/mol. The SMILES string of the molecule is Cc1cccc(C)c1-c1cc(Oc2ccc(P(C)(C)=O)cc2)nc(NS(=O)(=O)c2cnn(C)c2)n1. The molecule has 0 radical (unpaired) electrons. The number of anilines is 1. The normalized spacial score (nSPS) is 11.9. The first-order valence-electron chi connectivity index (χ1n) is 10.7. The van der Waals surface area contributed by atoms with Crippen LogP contribution in [0.1, 0.15) is 11.1 Å². The summed E-state index contributed by atoms with van der Waals surface area (Å²) >= 11 is 0. The maximum absolute atomic E-state index is 12.9. The summed E-state index contributed by atoms with van der Waals surface area (Å²) < 4.78 is 47.9. The summed E-state index contributed by atoms with van der Waals surface area (Å²) in [6, 6.07) is 14.4. The molecule has 35 heavy (non-hydrogen) atoms. The van der Waals surface area contributed by atoms with Gasteiger partial charge in [-0.25, -0.2) is 18.1 Å². The number of ether oxygens (including phenoxy) is 1. The van der Waals surface area contributed by atoms with Crippen LogP contribution in [-0.2, 0) is 21.6 Å². The Hall–Kier alpha value is -3.49. The molecular formula is C24H26N5O4PS. The fourth-order valence-electron chi connectivity index (χ4n) is 3.58. The lowest BCUT2D eigenvalue weighted by Gasteiger charge is -2.14. The molecule has 11 heteroatoms. The number of sulfonamides is 1.